The average molecular weight is 351 g/mol. The number of carbonyl (C=O) groups excluding carboxylic acids is 1. The Labute approximate surface area is 153 Å². The normalized spacial score (nSPS) is 17.8. The number of aromatic nitrogens is 4. The van der Waals surface area contributed by atoms with Crippen molar-refractivity contribution in [3.63, 3.8) is 0 Å². The lowest BCUT2D eigenvalue weighted by molar-refractivity contribution is 0.0692. The summed E-state index contributed by atoms with van der Waals surface area (Å²) in [4.78, 5) is 19.8. The van der Waals surface area contributed by atoms with Gasteiger partial charge in [-0.05, 0) is 37.5 Å². The number of hydrogen-bond acceptors (Lipinski definition) is 3. The molecule has 0 spiro atoms. The highest BCUT2D eigenvalue weighted by atomic mass is 16.2. The van der Waals surface area contributed by atoms with Crippen LogP contribution in [-0.2, 0) is 13.6 Å². The van der Waals surface area contributed by atoms with Crippen molar-refractivity contribution in [2.45, 2.75) is 38.6 Å². The molecule has 1 aromatic carbocycles. The maximum absolute atomic E-state index is 12.9. The predicted molar refractivity (Wildman–Crippen MR) is 101 cm³/mol. The molecule has 136 valence electrons. The molecule has 1 aliphatic heterocycles. The zero-order chi connectivity index (χ0) is 18.1. The van der Waals surface area contributed by atoms with Crippen molar-refractivity contribution in [1.82, 2.24) is 24.2 Å². The first kappa shape index (κ1) is 16.8. The van der Waals surface area contributed by atoms with E-state index in [1.807, 2.05) is 18.0 Å². The molecule has 26 heavy (non-hydrogen) atoms. The van der Waals surface area contributed by atoms with Crippen molar-refractivity contribution in [1.29, 1.82) is 0 Å². The number of amides is 1. The van der Waals surface area contributed by atoms with Crippen LogP contribution in [0.25, 0.3) is 11.0 Å². The van der Waals surface area contributed by atoms with Crippen LogP contribution in [0.3, 0.4) is 0 Å². The average Bonchev–Trinajstić information content (AvgIpc) is 3.26. The number of rotatable bonds is 4. The Morgan fingerprint density at radius 3 is 2.88 bits per heavy atom. The van der Waals surface area contributed by atoms with Gasteiger partial charge in [0.15, 0.2) is 0 Å². The lowest BCUT2D eigenvalue weighted by Gasteiger charge is -2.32. The SMILES string of the molecule is CCCn1c(C2CCCN(C(=O)c3ccnn3C)C2)nc2ccccc21. The van der Waals surface area contributed by atoms with Crippen LogP contribution in [0.15, 0.2) is 36.5 Å². The number of carbonyl (C=O) groups is 1. The second-order valence-electron chi connectivity index (χ2n) is 7.04. The maximum atomic E-state index is 12.9. The lowest BCUT2D eigenvalue weighted by Crippen LogP contribution is -2.40. The van der Waals surface area contributed by atoms with Gasteiger partial charge in [0.2, 0.25) is 0 Å². The number of para-hydroxylation sites is 2. The largest absolute Gasteiger partial charge is 0.337 e. The topological polar surface area (TPSA) is 56.0 Å². The molecule has 2 aromatic heterocycles. The lowest BCUT2D eigenvalue weighted by atomic mass is 9.96. The smallest absolute Gasteiger partial charge is 0.272 e. The molecule has 1 aliphatic rings. The summed E-state index contributed by atoms with van der Waals surface area (Å²) in [5.74, 6) is 1.46. The van der Waals surface area contributed by atoms with Gasteiger partial charge in [-0.25, -0.2) is 4.98 Å². The third-order valence-corrected chi connectivity index (χ3v) is 5.25. The molecule has 1 saturated heterocycles. The molecule has 1 atom stereocenters. The van der Waals surface area contributed by atoms with Crippen molar-refractivity contribution < 1.29 is 4.79 Å². The first-order valence-corrected chi connectivity index (χ1v) is 9.41. The highest BCUT2D eigenvalue weighted by Gasteiger charge is 2.29. The number of likely N-dealkylation sites (tertiary alicyclic amines) is 1. The molecule has 0 N–H and O–H groups in total. The minimum atomic E-state index is 0.0628. The Morgan fingerprint density at radius 1 is 1.27 bits per heavy atom. The molecule has 1 unspecified atom stereocenters. The molecule has 6 heteroatoms. The number of fused-ring (bicyclic) bond motifs is 1. The van der Waals surface area contributed by atoms with E-state index in [9.17, 15) is 4.79 Å². The van der Waals surface area contributed by atoms with Crippen LogP contribution in [0.2, 0.25) is 0 Å². The predicted octanol–water partition coefficient (Wildman–Crippen LogP) is 3.20. The number of nitrogens with zero attached hydrogens (tertiary/aromatic N) is 5. The van der Waals surface area contributed by atoms with Crippen molar-refractivity contribution >= 4 is 16.9 Å². The molecule has 0 aliphatic carbocycles. The van der Waals surface area contributed by atoms with Gasteiger partial charge in [-0.3, -0.25) is 9.48 Å². The second-order valence-corrected chi connectivity index (χ2v) is 7.04. The van der Waals surface area contributed by atoms with E-state index in [4.69, 9.17) is 4.98 Å². The zero-order valence-electron chi connectivity index (χ0n) is 15.4. The van der Waals surface area contributed by atoms with Gasteiger partial charge in [0.1, 0.15) is 11.5 Å². The monoisotopic (exact) mass is 351 g/mol. The Morgan fingerprint density at radius 2 is 2.12 bits per heavy atom. The molecule has 0 bridgehead atoms. The van der Waals surface area contributed by atoms with Gasteiger partial charge in [-0.1, -0.05) is 19.1 Å². The van der Waals surface area contributed by atoms with Gasteiger partial charge < -0.3 is 9.47 Å². The van der Waals surface area contributed by atoms with Crippen molar-refractivity contribution in [2.75, 3.05) is 13.1 Å². The van der Waals surface area contributed by atoms with Crippen LogP contribution in [0.1, 0.15) is 48.4 Å². The summed E-state index contributed by atoms with van der Waals surface area (Å²) in [6, 6.07) is 10.1. The number of benzene rings is 1. The molecule has 6 nitrogen and oxygen atoms in total. The molecular weight excluding hydrogens is 326 g/mol. The van der Waals surface area contributed by atoms with Crippen LogP contribution in [-0.4, -0.2) is 43.2 Å². The number of aryl methyl sites for hydroxylation is 2. The number of imidazole rings is 1. The quantitative estimate of drug-likeness (QED) is 0.725. The van der Waals surface area contributed by atoms with Crippen LogP contribution >= 0.6 is 0 Å². The summed E-state index contributed by atoms with van der Waals surface area (Å²) in [5.41, 5.74) is 2.89. The summed E-state index contributed by atoms with van der Waals surface area (Å²) >= 11 is 0. The Kier molecular flexibility index (Phi) is 4.49. The van der Waals surface area contributed by atoms with Gasteiger partial charge in [-0.15, -0.1) is 0 Å². The van der Waals surface area contributed by atoms with E-state index in [1.165, 1.54) is 5.52 Å². The van der Waals surface area contributed by atoms with Crippen LogP contribution in [0.4, 0.5) is 0 Å². The van der Waals surface area contributed by atoms with E-state index in [2.05, 4.69) is 34.8 Å². The van der Waals surface area contributed by atoms with E-state index < -0.39 is 0 Å². The highest BCUT2D eigenvalue weighted by Crippen LogP contribution is 2.30. The fourth-order valence-electron chi connectivity index (χ4n) is 3.98. The fourth-order valence-corrected chi connectivity index (χ4v) is 3.98. The van der Waals surface area contributed by atoms with Gasteiger partial charge >= 0.3 is 0 Å². The molecule has 3 aromatic rings. The number of hydrogen-bond donors (Lipinski definition) is 0. The maximum Gasteiger partial charge on any atom is 0.272 e. The molecule has 0 radical (unpaired) electrons. The Bertz CT molecular complexity index is 925. The van der Waals surface area contributed by atoms with Crippen LogP contribution < -0.4 is 0 Å². The molecule has 1 amide bonds. The summed E-state index contributed by atoms with van der Waals surface area (Å²) in [5, 5.41) is 4.13. The summed E-state index contributed by atoms with van der Waals surface area (Å²) in [6.07, 6.45) is 4.82. The third kappa shape index (κ3) is 2.89. The summed E-state index contributed by atoms with van der Waals surface area (Å²) in [7, 11) is 1.81. The molecular formula is C20H25N5O. The van der Waals surface area contributed by atoms with Crippen molar-refractivity contribution in [3.8, 4) is 0 Å². The summed E-state index contributed by atoms with van der Waals surface area (Å²) in [6.45, 7) is 4.67. The van der Waals surface area contributed by atoms with Crippen molar-refractivity contribution in [2.24, 2.45) is 7.05 Å². The van der Waals surface area contributed by atoms with E-state index in [1.54, 1.807) is 16.9 Å². The molecule has 1 fully saturated rings. The third-order valence-electron chi connectivity index (χ3n) is 5.25. The van der Waals surface area contributed by atoms with Crippen LogP contribution in [0, 0.1) is 0 Å². The van der Waals surface area contributed by atoms with E-state index in [0.717, 1.165) is 50.2 Å². The fraction of sp³-hybridized carbons (Fsp3) is 0.450. The zero-order valence-corrected chi connectivity index (χ0v) is 15.4. The van der Waals surface area contributed by atoms with Gasteiger partial charge in [-0.2, -0.15) is 5.10 Å². The highest BCUT2D eigenvalue weighted by molar-refractivity contribution is 5.92. The Hall–Kier alpha value is -2.63. The van der Waals surface area contributed by atoms with E-state index >= 15 is 0 Å². The minimum Gasteiger partial charge on any atom is -0.337 e. The molecule has 3 heterocycles. The first-order chi connectivity index (χ1) is 12.7. The van der Waals surface area contributed by atoms with E-state index in [0.29, 0.717) is 5.69 Å². The minimum absolute atomic E-state index is 0.0628. The van der Waals surface area contributed by atoms with Crippen LogP contribution in [0.5, 0.6) is 0 Å². The first-order valence-electron chi connectivity index (χ1n) is 9.41. The van der Waals surface area contributed by atoms with Crippen molar-refractivity contribution in [3.05, 3.63) is 48.0 Å². The number of piperidine rings is 1. The van der Waals surface area contributed by atoms with E-state index in [-0.39, 0.29) is 11.8 Å². The van der Waals surface area contributed by atoms with Gasteiger partial charge in [0.05, 0.1) is 11.0 Å². The van der Waals surface area contributed by atoms with Gasteiger partial charge in [0.25, 0.3) is 5.91 Å². The Balaban J connectivity index is 1.64. The standard InChI is InChI=1S/C20H25N5O/c1-3-12-25-17-9-5-4-8-16(17)22-19(25)15-7-6-13-24(14-15)20(26)18-10-11-21-23(18)2/h4-5,8-11,15H,3,6-7,12-14H2,1-2H3. The molecule has 4 rings (SSSR count). The summed E-state index contributed by atoms with van der Waals surface area (Å²) < 4.78 is 4.00. The molecule has 0 saturated carbocycles. The second kappa shape index (κ2) is 6.94. The van der Waals surface area contributed by atoms with Gasteiger partial charge in [0, 0.05) is 38.8 Å².